The third-order valence-electron chi connectivity index (χ3n) is 8.00. The molecule has 3 atom stereocenters. The zero-order valence-corrected chi connectivity index (χ0v) is 24.3. The van der Waals surface area contributed by atoms with Gasteiger partial charge in [-0.05, 0) is 74.6 Å². The fourth-order valence-corrected chi connectivity index (χ4v) is 7.25. The Kier molecular flexibility index (Phi) is 7.21. The van der Waals surface area contributed by atoms with Crippen LogP contribution in [0.25, 0.3) is 32.6 Å². The van der Waals surface area contributed by atoms with E-state index in [1.807, 2.05) is 0 Å². The maximum Gasteiger partial charge on any atom is 0.471 e. The van der Waals surface area contributed by atoms with E-state index in [2.05, 4.69) is 15.6 Å². The largest absolute Gasteiger partial charge is 0.471 e. The first kappa shape index (κ1) is 29.7. The number of halogens is 4. The second-order valence-corrected chi connectivity index (χ2v) is 12.8. The van der Waals surface area contributed by atoms with Crippen molar-refractivity contribution in [2.75, 3.05) is 0 Å². The van der Waals surface area contributed by atoms with Gasteiger partial charge in [-0.15, -0.1) is 16.4 Å². The number of alkyl halides is 3. The number of benzene rings is 2. The Balaban J connectivity index is 1.38. The summed E-state index contributed by atoms with van der Waals surface area (Å²) in [4.78, 5) is 28.0. The maximum atomic E-state index is 14.7. The highest BCUT2D eigenvalue weighted by molar-refractivity contribution is 7.18. The van der Waals surface area contributed by atoms with Crippen molar-refractivity contribution in [3.63, 3.8) is 0 Å². The Bertz CT molecular complexity index is 1840. The van der Waals surface area contributed by atoms with Crippen molar-refractivity contribution in [2.45, 2.75) is 69.6 Å². The molecule has 2 saturated heterocycles. The lowest BCUT2D eigenvalue weighted by Crippen LogP contribution is -2.49. The monoisotopic (exact) mass is 626 g/mol. The highest BCUT2D eigenvalue weighted by Crippen LogP contribution is 2.44. The highest BCUT2D eigenvalue weighted by Gasteiger charge is 2.51. The van der Waals surface area contributed by atoms with Crippen molar-refractivity contribution in [1.29, 1.82) is 5.26 Å². The van der Waals surface area contributed by atoms with E-state index in [-0.39, 0.29) is 30.5 Å². The van der Waals surface area contributed by atoms with Gasteiger partial charge in [0.2, 0.25) is 0 Å². The van der Waals surface area contributed by atoms with Crippen molar-refractivity contribution in [3.05, 3.63) is 58.7 Å². The lowest BCUT2D eigenvalue weighted by molar-refractivity contribution is -0.174. The Morgan fingerprint density at radius 3 is 2.57 bits per heavy atom. The van der Waals surface area contributed by atoms with Gasteiger partial charge < -0.3 is 15.3 Å². The van der Waals surface area contributed by atoms with Gasteiger partial charge in [0, 0.05) is 16.5 Å². The summed E-state index contributed by atoms with van der Waals surface area (Å²) < 4.78 is 55.1. The third kappa shape index (κ3) is 5.41. The van der Waals surface area contributed by atoms with Crippen LogP contribution in [0.3, 0.4) is 0 Å². The average Bonchev–Trinajstić information content (AvgIpc) is 3.73. The van der Waals surface area contributed by atoms with Crippen LogP contribution in [0.1, 0.15) is 48.3 Å². The molecule has 0 saturated carbocycles. The summed E-state index contributed by atoms with van der Waals surface area (Å²) in [5, 5.41) is 29.9. The van der Waals surface area contributed by atoms with Gasteiger partial charge >= 0.3 is 12.1 Å². The minimum absolute atomic E-state index is 0.132. The van der Waals surface area contributed by atoms with Gasteiger partial charge in [0.1, 0.15) is 17.4 Å². The number of aliphatic hydroxyl groups is 1. The minimum Gasteiger partial charge on any atom is -0.389 e. The van der Waals surface area contributed by atoms with E-state index < -0.39 is 35.6 Å². The second-order valence-electron chi connectivity index (χ2n) is 11.7. The zero-order chi connectivity index (χ0) is 31.6. The van der Waals surface area contributed by atoms with Crippen LogP contribution in [0.4, 0.5) is 17.6 Å². The Morgan fingerprint density at radius 1 is 1.14 bits per heavy atom. The number of hydrogen-bond acceptors (Lipinski definition) is 7. The summed E-state index contributed by atoms with van der Waals surface area (Å²) in [6.45, 7) is 3.51. The van der Waals surface area contributed by atoms with Crippen LogP contribution < -0.4 is 5.32 Å². The highest BCUT2D eigenvalue weighted by atomic mass is 32.1. The maximum absolute atomic E-state index is 14.7. The molecule has 14 heteroatoms. The first-order valence-electron chi connectivity index (χ1n) is 13.8. The molecule has 2 aromatic carbocycles. The number of nitrogens with zero attached hydrogens (tertiary/aromatic N) is 5. The number of nitrogens with one attached hydrogen (secondary N) is 1. The molecule has 3 unspecified atom stereocenters. The number of rotatable bonds is 6. The van der Waals surface area contributed by atoms with Gasteiger partial charge in [0.05, 0.1) is 40.2 Å². The first-order chi connectivity index (χ1) is 20.7. The smallest absolute Gasteiger partial charge is 0.389 e. The summed E-state index contributed by atoms with van der Waals surface area (Å²) in [7, 11) is 0. The summed E-state index contributed by atoms with van der Waals surface area (Å²) in [6, 6.07) is 11.2. The number of aromatic nitrogens is 3. The summed E-state index contributed by atoms with van der Waals surface area (Å²) in [5.41, 5.74) is 1.67. The van der Waals surface area contributed by atoms with Crippen LogP contribution in [0, 0.1) is 17.1 Å². The van der Waals surface area contributed by atoms with Crippen molar-refractivity contribution in [3.8, 4) is 27.6 Å². The normalized spacial score (nSPS) is 19.9. The van der Waals surface area contributed by atoms with Gasteiger partial charge in [0.25, 0.3) is 5.91 Å². The lowest BCUT2D eigenvalue weighted by atomic mass is 9.95. The molecular formula is C30H26F4N6O3S. The number of carbonyl (C=O) groups excluding carboxylic acids is 2. The van der Waals surface area contributed by atoms with E-state index in [9.17, 15) is 37.5 Å². The van der Waals surface area contributed by atoms with Gasteiger partial charge in [0.15, 0.2) is 0 Å². The van der Waals surface area contributed by atoms with Crippen molar-refractivity contribution >= 4 is 34.2 Å². The number of fused-ring (bicyclic) bond motifs is 3. The molecule has 6 rings (SSSR count). The van der Waals surface area contributed by atoms with E-state index in [1.165, 1.54) is 12.1 Å². The number of hydrogen-bond donors (Lipinski definition) is 2. The van der Waals surface area contributed by atoms with Crippen LogP contribution in [-0.2, 0) is 11.3 Å². The molecule has 2 aromatic heterocycles. The fraction of sp³-hybridized carbons (Fsp3) is 0.367. The lowest BCUT2D eigenvalue weighted by Gasteiger charge is -2.25. The van der Waals surface area contributed by atoms with E-state index in [4.69, 9.17) is 0 Å². The second kappa shape index (κ2) is 10.7. The van der Waals surface area contributed by atoms with Gasteiger partial charge in [-0.25, -0.2) is 9.07 Å². The summed E-state index contributed by atoms with van der Waals surface area (Å²) >= 11 is 1.15. The van der Waals surface area contributed by atoms with Crippen LogP contribution >= 0.6 is 11.3 Å². The van der Waals surface area contributed by atoms with E-state index in [0.717, 1.165) is 11.3 Å². The number of thiophene rings is 1. The molecule has 228 valence electrons. The molecule has 2 bridgehead atoms. The standard InChI is InChI=1S/C30H26F4N6O3S/c1-29(2,43)14-39-23-7-5-16(10-22(23)37-38-39)26-19(15-3-4-17(13-35)20(31)9-15)12-25(44-26)27(41)40-18-6-8-24(40)21(11-18)36-28(42)30(32,33)34/h3-5,7,9-10,12,18,21,24,43H,6,8,11,14H2,1-2H3,(H,36,42). The van der Waals surface area contributed by atoms with Crippen molar-refractivity contribution in [2.24, 2.45) is 0 Å². The molecule has 44 heavy (non-hydrogen) atoms. The van der Waals surface area contributed by atoms with Crippen LogP contribution in [0.2, 0.25) is 0 Å². The van der Waals surface area contributed by atoms with Crippen molar-refractivity contribution < 1.29 is 32.3 Å². The third-order valence-corrected chi connectivity index (χ3v) is 9.17. The Labute approximate surface area is 252 Å². The van der Waals surface area contributed by atoms with E-state index >= 15 is 0 Å². The quantitative estimate of drug-likeness (QED) is 0.290. The van der Waals surface area contributed by atoms with Crippen LogP contribution in [0.15, 0.2) is 42.5 Å². The fourth-order valence-electron chi connectivity index (χ4n) is 6.13. The first-order valence-corrected chi connectivity index (χ1v) is 14.7. The molecule has 0 radical (unpaired) electrons. The SMILES string of the molecule is CC(C)(O)Cn1nnc2cc(-c3sc(C(=O)N4C5CCC4C(NC(=O)C(F)(F)F)C5)cc3-c3ccc(C#N)c(F)c3)ccc21. The molecule has 9 nitrogen and oxygen atoms in total. The van der Waals surface area contributed by atoms with Gasteiger partial charge in [-0.3, -0.25) is 9.59 Å². The van der Waals surface area contributed by atoms with Crippen LogP contribution in [-0.4, -0.2) is 66.7 Å². The molecular weight excluding hydrogens is 600 g/mol. The molecule has 2 fully saturated rings. The Hall–Kier alpha value is -4.35. The molecule has 4 heterocycles. The molecule has 2 aliphatic rings. The van der Waals surface area contributed by atoms with Crippen LogP contribution in [0.5, 0.6) is 0 Å². The predicted molar refractivity (Wildman–Crippen MR) is 153 cm³/mol. The number of nitriles is 1. The van der Waals surface area contributed by atoms with Gasteiger partial charge in [-0.1, -0.05) is 17.3 Å². The summed E-state index contributed by atoms with van der Waals surface area (Å²) in [5.74, 6) is -3.13. The van der Waals surface area contributed by atoms with Gasteiger partial charge in [-0.2, -0.15) is 18.4 Å². The zero-order valence-electron chi connectivity index (χ0n) is 23.5. The molecule has 0 aliphatic carbocycles. The number of carbonyl (C=O) groups is 2. The van der Waals surface area contributed by atoms with E-state index in [0.29, 0.717) is 50.3 Å². The summed E-state index contributed by atoms with van der Waals surface area (Å²) in [6.07, 6.45) is -3.73. The Morgan fingerprint density at radius 2 is 1.89 bits per heavy atom. The topological polar surface area (TPSA) is 124 Å². The van der Waals surface area contributed by atoms with Crippen molar-refractivity contribution in [1.82, 2.24) is 25.2 Å². The minimum atomic E-state index is -5.02. The molecule has 2 amide bonds. The molecule has 2 N–H and O–H groups in total. The average molecular weight is 627 g/mol. The predicted octanol–water partition coefficient (Wildman–Crippen LogP) is 5.03. The van der Waals surface area contributed by atoms with E-state index in [1.54, 1.807) is 59.8 Å². The molecule has 2 aliphatic heterocycles. The molecule has 4 aromatic rings. The molecule has 0 spiro atoms. The number of amides is 2.